The molecule has 0 heterocycles. The molecule has 150 valence electrons. The molecule has 5 nitrogen and oxygen atoms in total. The number of halogens is 1. The molecular weight excluding hydrogens is 400 g/mol. The lowest BCUT2D eigenvalue weighted by Gasteiger charge is -2.08. The molecule has 3 rings (SSSR count). The molecule has 0 aliphatic heterocycles. The van der Waals surface area contributed by atoms with E-state index in [1.165, 1.54) is 0 Å². The maximum atomic E-state index is 12.0. The molecule has 0 atom stereocenters. The molecule has 0 aromatic heterocycles. The molecule has 1 N–H and O–H groups in total. The number of nitrogens with one attached hydrogen (secondary N) is 1. The van der Waals surface area contributed by atoms with Gasteiger partial charge >= 0.3 is 0 Å². The summed E-state index contributed by atoms with van der Waals surface area (Å²) in [5.74, 6) is 1.02. The zero-order valence-electron chi connectivity index (χ0n) is 16.3. The van der Waals surface area contributed by atoms with Crippen LogP contribution >= 0.6 is 11.6 Å². The number of carbonyl (C=O) groups excluding carboxylic acids is 1. The summed E-state index contributed by atoms with van der Waals surface area (Å²) in [5.41, 5.74) is 2.84. The summed E-state index contributed by atoms with van der Waals surface area (Å²) in [7, 11) is 1.60. The van der Waals surface area contributed by atoms with Gasteiger partial charge in [-0.25, -0.2) is 0 Å². The van der Waals surface area contributed by atoms with Gasteiger partial charge in [0, 0.05) is 10.7 Å². The first-order chi connectivity index (χ1) is 14.6. The minimum Gasteiger partial charge on any atom is -0.497 e. The highest BCUT2D eigenvalue weighted by Gasteiger charge is 2.05. The first-order valence-corrected chi connectivity index (χ1v) is 9.49. The summed E-state index contributed by atoms with van der Waals surface area (Å²) in [6, 6.07) is 23.5. The maximum Gasteiger partial charge on any atom is 0.262 e. The molecule has 3 aromatic rings. The zero-order valence-corrected chi connectivity index (χ0v) is 17.0. The number of nitrogens with zero attached hydrogens (tertiary/aromatic N) is 1. The normalized spacial score (nSPS) is 10.8. The number of anilines is 1. The molecule has 0 spiro atoms. The number of methoxy groups -OCH3 is 1. The highest BCUT2D eigenvalue weighted by Crippen LogP contribution is 2.22. The van der Waals surface area contributed by atoms with E-state index in [0.29, 0.717) is 22.0 Å². The van der Waals surface area contributed by atoms with Crippen molar-refractivity contribution in [2.75, 3.05) is 19.0 Å². The highest BCUT2D eigenvalue weighted by molar-refractivity contribution is 6.30. The molecule has 0 bridgehead atoms. The Balaban J connectivity index is 1.59. The molecule has 6 heteroatoms. The Labute approximate surface area is 180 Å². The predicted molar refractivity (Wildman–Crippen MR) is 118 cm³/mol. The first kappa shape index (κ1) is 21.0. The monoisotopic (exact) mass is 418 g/mol. The summed E-state index contributed by atoms with van der Waals surface area (Å²) in [5, 5.41) is 12.8. The number of hydrogen-bond acceptors (Lipinski definition) is 4. The molecule has 0 unspecified atom stereocenters. The van der Waals surface area contributed by atoms with Crippen molar-refractivity contribution in [1.29, 1.82) is 5.26 Å². The van der Waals surface area contributed by atoms with E-state index in [1.54, 1.807) is 49.6 Å². The number of carbonyl (C=O) groups is 1. The van der Waals surface area contributed by atoms with Crippen LogP contribution in [0.1, 0.15) is 11.1 Å². The van der Waals surface area contributed by atoms with E-state index in [0.717, 1.165) is 16.9 Å². The summed E-state index contributed by atoms with van der Waals surface area (Å²) < 4.78 is 10.7. The molecule has 3 aromatic carbocycles. The number of nitriles is 1. The number of ether oxygens (including phenoxy) is 2. The predicted octanol–water partition coefficient (Wildman–Crippen LogP) is 5.43. The molecule has 0 radical (unpaired) electrons. The summed E-state index contributed by atoms with van der Waals surface area (Å²) in [6.45, 7) is -0.118. The van der Waals surface area contributed by atoms with Crippen LogP contribution in [0.25, 0.3) is 11.6 Å². The lowest BCUT2D eigenvalue weighted by molar-refractivity contribution is -0.118. The fourth-order valence-corrected chi connectivity index (χ4v) is 2.78. The van der Waals surface area contributed by atoms with Gasteiger partial charge in [-0.2, -0.15) is 5.26 Å². The Morgan fingerprint density at radius 2 is 1.63 bits per heavy atom. The van der Waals surface area contributed by atoms with Crippen LogP contribution < -0.4 is 14.8 Å². The van der Waals surface area contributed by atoms with Crippen molar-refractivity contribution in [3.8, 4) is 17.6 Å². The Morgan fingerprint density at radius 1 is 1.00 bits per heavy atom. The Kier molecular flexibility index (Phi) is 7.09. The Morgan fingerprint density at radius 3 is 2.23 bits per heavy atom. The van der Waals surface area contributed by atoms with Crippen LogP contribution in [0.3, 0.4) is 0 Å². The van der Waals surface area contributed by atoms with Crippen molar-refractivity contribution in [3.63, 3.8) is 0 Å². The SMILES string of the molecule is COc1ccc(/C(C#N)=C/c2ccc(OCC(=O)Nc3ccc(Cl)cc3)cc2)cc1. The second-order valence-corrected chi connectivity index (χ2v) is 6.75. The minimum absolute atomic E-state index is 0.118. The van der Waals surface area contributed by atoms with Gasteiger partial charge in [-0.1, -0.05) is 23.7 Å². The van der Waals surface area contributed by atoms with Gasteiger partial charge < -0.3 is 14.8 Å². The summed E-state index contributed by atoms with van der Waals surface area (Å²) >= 11 is 5.83. The van der Waals surface area contributed by atoms with Gasteiger partial charge in [0.1, 0.15) is 11.5 Å². The van der Waals surface area contributed by atoms with E-state index in [-0.39, 0.29) is 12.5 Å². The summed E-state index contributed by atoms with van der Waals surface area (Å²) in [4.78, 5) is 12.0. The van der Waals surface area contributed by atoms with Gasteiger partial charge in [-0.3, -0.25) is 4.79 Å². The number of benzene rings is 3. The fraction of sp³-hybridized carbons (Fsp3) is 0.0833. The molecule has 0 aliphatic carbocycles. The van der Waals surface area contributed by atoms with Gasteiger partial charge in [-0.15, -0.1) is 0 Å². The van der Waals surface area contributed by atoms with Crippen molar-refractivity contribution >= 4 is 34.8 Å². The third-order valence-electron chi connectivity index (χ3n) is 4.21. The quantitative estimate of drug-likeness (QED) is 0.410. The lowest BCUT2D eigenvalue weighted by Crippen LogP contribution is -2.20. The number of allylic oxidation sites excluding steroid dienone is 1. The lowest BCUT2D eigenvalue weighted by atomic mass is 10.0. The topological polar surface area (TPSA) is 71.3 Å². The standard InChI is InChI=1S/C24H19ClN2O3/c1-29-22-12-4-18(5-13-22)19(15-26)14-17-2-10-23(11-3-17)30-16-24(28)27-21-8-6-20(25)7-9-21/h2-14H,16H2,1H3,(H,27,28)/b19-14+. The highest BCUT2D eigenvalue weighted by atomic mass is 35.5. The second-order valence-electron chi connectivity index (χ2n) is 6.31. The van der Waals surface area contributed by atoms with Crippen LogP contribution in [0.5, 0.6) is 11.5 Å². The molecule has 1 amide bonds. The summed E-state index contributed by atoms with van der Waals surface area (Å²) in [6.07, 6.45) is 1.79. The van der Waals surface area contributed by atoms with Crippen LogP contribution in [0.15, 0.2) is 72.8 Å². The first-order valence-electron chi connectivity index (χ1n) is 9.12. The van der Waals surface area contributed by atoms with Gasteiger partial charge in [-0.05, 0) is 77.9 Å². The third kappa shape index (κ3) is 5.87. The van der Waals surface area contributed by atoms with Crippen LogP contribution in [0.4, 0.5) is 5.69 Å². The molecule has 0 fully saturated rings. The average Bonchev–Trinajstić information content (AvgIpc) is 2.78. The minimum atomic E-state index is -0.271. The van der Waals surface area contributed by atoms with E-state index >= 15 is 0 Å². The molecule has 0 aliphatic rings. The van der Waals surface area contributed by atoms with E-state index in [1.807, 2.05) is 36.4 Å². The van der Waals surface area contributed by atoms with Gasteiger partial charge in [0.05, 0.1) is 18.8 Å². The smallest absolute Gasteiger partial charge is 0.262 e. The van der Waals surface area contributed by atoms with Gasteiger partial charge in [0.25, 0.3) is 5.91 Å². The Bertz CT molecular complexity index is 1070. The van der Waals surface area contributed by atoms with Crippen molar-refractivity contribution in [1.82, 2.24) is 0 Å². The number of hydrogen-bond donors (Lipinski definition) is 1. The zero-order chi connectivity index (χ0) is 21.3. The van der Waals surface area contributed by atoms with Crippen LogP contribution in [0, 0.1) is 11.3 Å². The third-order valence-corrected chi connectivity index (χ3v) is 4.46. The van der Waals surface area contributed by atoms with E-state index in [2.05, 4.69) is 11.4 Å². The van der Waals surface area contributed by atoms with E-state index in [4.69, 9.17) is 21.1 Å². The maximum absolute atomic E-state index is 12.0. The van der Waals surface area contributed by atoms with Crippen LogP contribution in [0.2, 0.25) is 5.02 Å². The number of amides is 1. The van der Waals surface area contributed by atoms with E-state index < -0.39 is 0 Å². The van der Waals surface area contributed by atoms with Crippen molar-refractivity contribution in [2.45, 2.75) is 0 Å². The average molecular weight is 419 g/mol. The van der Waals surface area contributed by atoms with Crippen molar-refractivity contribution in [3.05, 3.63) is 88.9 Å². The van der Waals surface area contributed by atoms with Crippen molar-refractivity contribution in [2.24, 2.45) is 0 Å². The fourth-order valence-electron chi connectivity index (χ4n) is 2.66. The molecule has 0 saturated heterocycles. The largest absolute Gasteiger partial charge is 0.497 e. The van der Waals surface area contributed by atoms with Crippen molar-refractivity contribution < 1.29 is 14.3 Å². The van der Waals surface area contributed by atoms with Crippen LogP contribution in [-0.4, -0.2) is 19.6 Å². The molecule has 0 saturated carbocycles. The van der Waals surface area contributed by atoms with Gasteiger partial charge in [0.15, 0.2) is 6.61 Å². The van der Waals surface area contributed by atoms with Crippen LogP contribution in [-0.2, 0) is 4.79 Å². The van der Waals surface area contributed by atoms with E-state index in [9.17, 15) is 10.1 Å². The molecular formula is C24H19ClN2O3. The molecule has 30 heavy (non-hydrogen) atoms. The number of rotatable bonds is 7. The van der Waals surface area contributed by atoms with Gasteiger partial charge in [0.2, 0.25) is 0 Å². The Hall–Kier alpha value is -3.75. The second kappa shape index (κ2) is 10.1.